The zero-order valence-corrected chi connectivity index (χ0v) is 8.96. The average molecular weight is 206 g/mol. The number of hydrogen-bond donors (Lipinski definition) is 1. The zero-order chi connectivity index (χ0) is 10.5. The standard InChI is InChI=1S/C15H12N/c1-2-7-14-12(4-1)13-6-3-5-11(10-8-9-10)15(13)16-14/h1-7,16H,8-9H2. The summed E-state index contributed by atoms with van der Waals surface area (Å²) in [6.07, 6.45) is 2.54. The molecule has 1 heteroatoms. The Morgan fingerprint density at radius 1 is 0.812 bits per heavy atom. The second kappa shape index (κ2) is 2.88. The number of H-pyrrole nitrogens is 1. The van der Waals surface area contributed by atoms with Crippen LogP contribution in [-0.2, 0) is 0 Å². The molecular formula is C15H12N. The van der Waals surface area contributed by atoms with Crippen molar-refractivity contribution < 1.29 is 0 Å². The Bertz CT molecular complexity index is 674. The van der Waals surface area contributed by atoms with Crippen molar-refractivity contribution in [3.63, 3.8) is 0 Å². The number of nitrogens with one attached hydrogen (secondary N) is 1. The fourth-order valence-corrected chi connectivity index (χ4v) is 2.50. The first kappa shape index (κ1) is 8.40. The van der Waals surface area contributed by atoms with E-state index in [4.69, 9.17) is 0 Å². The van der Waals surface area contributed by atoms with Crippen molar-refractivity contribution >= 4 is 21.8 Å². The third kappa shape index (κ3) is 1.06. The van der Waals surface area contributed by atoms with E-state index in [1.807, 2.05) is 0 Å². The van der Waals surface area contributed by atoms with Crippen LogP contribution >= 0.6 is 0 Å². The predicted molar refractivity (Wildman–Crippen MR) is 67.4 cm³/mol. The Morgan fingerprint density at radius 3 is 2.50 bits per heavy atom. The van der Waals surface area contributed by atoms with Gasteiger partial charge < -0.3 is 4.98 Å². The molecule has 0 atom stereocenters. The van der Waals surface area contributed by atoms with Crippen LogP contribution in [0.3, 0.4) is 0 Å². The van der Waals surface area contributed by atoms with Crippen LogP contribution in [0.2, 0.25) is 0 Å². The van der Waals surface area contributed by atoms with Crippen LogP contribution in [-0.4, -0.2) is 4.98 Å². The summed E-state index contributed by atoms with van der Waals surface area (Å²) in [5, 5.41) is 2.69. The fraction of sp³-hybridized carbons (Fsp3) is 0.133. The number of aromatic nitrogens is 1. The summed E-state index contributed by atoms with van der Waals surface area (Å²) in [7, 11) is 0. The van der Waals surface area contributed by atoms with Crippen LogP contribution in [0, 0.1) is 5.92 Å². The summed E-state index contributed by atoms with van der Waals surface area (Å²) >= 11 is 0. The van der Waals surface area contributed by atoms with E-state index in [1.165, 1.54) is 40.2 Å². The summed E-state index contributed by atoms with van der Waals surface area (Å²) in [6, 6.07) is 15.1. The van der Waals surface area contributed by atoms with E-state index in [9.17, 15) is 0 Å². The lowest BCUT2D eigenvalue weighted by Crippen LogP contribution is -1.81. The van der Waals surface area contributed by atoms with Gasteiger partial charge in [0.1, 0.15) is 0 Å². The van der Waals surface area contributed by atoms with Gasteiger partial charge in [0.05, 0.1) is 5.52 Å². The number of benzene rings is 2. The van der Waals surface area contributed by atoms with Crippen molar-refractivity contribution in [1.82, 2.24) is 4.98 Å². The number of para-hydroxylation sites is 2. The third-order valence-corrected chi connectivity index (χ3v) is 3.42. The molecule has 0 unspecified atom stereocenters. The van der Waals surface area contributed by atoms with E-state index in [1.54, 1.807) is 5.92 Å². The van der Waals surface area contributed by atoms with Gasteiger partial charge in [-0.1, -0.05) is 36.4 Å². The first-order valence-electron chi connectivity index (χ1n) is 5.78. The Hall–Kier alpha value is -1.76. The molecule has 4 rings (SSSR count). The summed E-state index contributed by atoms with van der Waals surface area (Å²) < 4.78 is 0. The second-order valence-electron chi connectivity index (χ2n) is 4.50. The largest absolute Gasteiger partial charge is 0.354 e. The van der Waals surface area contributed by atoms with Crippen molar-refractivity contribution in [2.24, 2.45) is 0 Å². The minimum atomic E-state index is 1.24. The highest BCUT2D eigenvalue weighted by atomic mass is 14.7. The van der Waals surface area contributed by atoms with Gasteiger partial charge in [0.25, 0.3) is 0 Å². The van der Waals surface area contributed by atoms with Gasteiger partial charge in [-0.25, -0.2) is 0 Å². The Labute approximate surface area is 94.1 Å². The Balaban J connectivity index is 2.18. The van der Waals surface area contributed by atoms with Crippen LogP contribution in [0.4, 0.5) is 0 Å². The minimum absolute atomic E-state index is 1.24. The van der Waals surface area contributed by atoms with Gasteiger partial charge >= 0.3 is 0 Å². The highest BCUT2D eigenvalue weighted by Crippen LogP contribution is 2.42. The molecule has 1 radical (unpaired) electrons. The maximum absolute atomic E-state index is 3.55. The number of hydrogen-bond acceptors (Lipinski definition) is 0. The molecule has 77 valence electrons. The van der Waals surface area contributed by atoms with Crippen LogP contribution in [0.5, 0.6) is 0 Å². The van der Waals surface area contributed by atoms with E-state index in [-0.39, 0.29) is 0 Å². The highest BCUT2D eigenvalue weighted by molar-refractivity contribution is 6.08. The van der Waals surface area contributed by atoms with Gasteiger partial charge in [0.2, 0.25) is 0 Å². The van der Waals surface area contributed by atoms with E-state index in [0.29, 0.717) is 0 Å². The zero-order valence-electron chi connectivity index (χ0n) is 8.96. The van der Waals surface area contributed by atoms with E-state index < -0.39 is 0 Å². The lowest BCUT2D eigenvalue weighted by atomic mass is 10.1. The van der Waals surface area contributed by atoms with Gasteiger partial charge in [0.15, 0.2) is 0 Å². The lowest BCUT2D eigenvalue weighted by Gasteiger charge is -1.99. The van der Waals surface area contributed by atoms with Crippen molar-refractivity contribution in [2.45, 2.75) is 12.8 Å². The molecule has 16 heavy (non-hydrogen) atoms. The van der Waals surface area contributed by atoms with Gasteiger partial charge in [0, 0.05) is 22.2 Å². The molecule has 2 aromatic carbocycles. The molecule has 1 aliphatic carbocycles. The highest BCUT2D eigenvalue weighted by Gasteiger charge is 2.26. The molecule has 0 bridgehead atoms. The minimum Gasteiger partial charge on any atom is -0.354 e. The van der Waals surface area contributed by atoms with Crippen molar-refractivity contribution in [3.05, 3.63) is 53.9 Å². The molecule has 1 heterocycles. The van der Waals surface area contributed by atoms with E-state index in [0.717, 1.165) is 0 Å². The first-order valence-corrected chi connectivity index (χ1v) is 5.78. The van der Waals surface area contributed by atoms with Gasteiger partial charge in [-0.2, -0.15) is 0 Å². The summed E-state index contributed by atoms with van der Waals surface area (Å²) in [4.78, 5) is 3.55. The van der Waals surface area contributed by atoms with Gasteiger partial charge in [-0.15, -0.1) is 0 Å². The van der Waals surface area contributed by atoms with Gasteiger partial charge in [-0.3, -0.25) is 0 Å². The third-order valence-electron chi connectivity index (χ3n) is 3.42. The van der Waals surface area contributed by atoms with Crippen LogP contribution in [0.15, 0.2) is 42.5 Å². The molecule has 0 amide bonds. The normalized spacial score (nSPS) is 16.0. The molecular weight excluding hydrogens is 194 g/mol. The molecule has 1 aromatic heterocycles. The number of aromatic amines is 1. The summed E-state index contributed by atoms with van der Waals surface area (Å²) in [5.41, 5.74) is 3.98. The Kier molecular flexibility index (Phi) is 1.51. The smallest absolute Gasteiger partial charge is 0.0503 e. The molecule has 1 saturated carbocycles. The first-order chi connectivity index (χ1) is 7.93. The quantitative estimate of drug-likeness (QED) is 0.618. The monoisotopic (exact) mass is 206 g/mol. The maximum Gasteiger partial charge on any atom is 0.0503 e. The van der Waals surface area contributed by atoms with Crippen molar-refractivity contribution in [3.8, 4) is 0 Å². The topological polar surface area (TPSA) is 15.8 Å². The predicted octanol–water partition coefficient (Wildman–Crippen LogP) is 4.04. The van der Waals surface area contributed by atoms with Crippen LogP contribution < -0.4 is 0 Å². The van der Waals surface area contributed by atoms with E-state index >= 15 is 0 Å². The molecule has 0 spiro atoms. The lowest BCUT2D eigenvalue weighted by molar-refractivity contribution is 1.41. The molecule has 3 aromatic rings. The molecule has 0 aliphatic heterocycles. The van der Waals surface area contributed by atoms with Crippen LogP contribution in [0.1, 0.15) is 18.4 Å². The molecule has 1 aliphatic rings. The van der Waals surface area contributed by atoms with Crippen LogP contribution in [0.25, 0.3) is 21.8 Å². The summed E-state index contributed by atoms with van der Waals surface area (Å²) in [5.74, 6) is 1.59. The average Bonchev–Trinajstić information content (AvgIpc) is 3.09. The second-order valence-corrected chi connectivity index (χ2v) is 4.50. The number of rotatable bonds is 1. The van der Waals surface area contributed by atoms with Crippen molar-refractivity contribution in [2.75, 3.05) is 0 Å². The maximum atomic E-state index is 3.55. The van der Waals surface area contributed by atoms with E-state index in [2.05, 4.69) is 47.4 Å². The molecule has 1 fully saturated rings. The number of fused-ring (bicyclic) bond motifs is 3. The molecule has 0 saturated heterocycles. The van der Waals surface area contributed by atoms with Crippen molar-refractivity contribution in [1.29, 1.82) is 0 Å². The summed E-state index contributed by atoms with van der Waals surface area (Å²) in [6.45, 7) is 0. The Morgan fingerprint density at radius 2 is 1.62 bits per heavy atom. The van der Waals surface area contributed by atoms with Gasteiger partial charge in [-0.05, 0) is 24.5 Å². The fourth-order valence-electron chi connectivity index (χ4n) is 2.50. The molecule has 1 N–H and O–H groups in total. The molecule has 1 nitrogen and oxygen atoms in total. The SMILES string of the molecule is c1ccc2c(c1)[nH]c1c([C]3CC3)cccc12.